The summed E-state index contributed by atoms with van der Waals surface area (Å²) in [5, 5.41) is 3.34. The molecule has 0 saturated carbocycles. The largest absolute Gasteiger partial charge is 0.348 e. The number of carbonyl (C=O) groups excluding carboxylic acids is 1. The molecule has 8 heteroatoms. The number of thiophene rings is 1. The minimum atomic E-state index is -3.42. The zero-order valence-corrected chi connectivity index (χ0v) is 17.1. The summed E-state index contributed by atoms with van der Waals surface area (Å²) in [5.41, 5.74) is 0.764. The fourth-order valence-corrected chi connectivity index (χ4v) is 6.00. The maximum atomic E-state index is 12.7. The number of rotatable bonds is 6. The second-order valence-corrected chi connectivity index (χ2v) is 10.00. The molecule has 1 aromatic carbocycles. The van der Waals surface area contributed by atoms with E-state index in [2.05, 4.69) is 5.32 Å². The molecular formula is C19H21ClN2O3S2. The van der Waals surface area contributed by atoms with Gasteiger partial charge in [-0.3, -0.25) is 4.79 Å². The predicted molar refractivity (Wildman–Crippen MR) is 109 cm³/mol. The van der Waals surface area contributed by atoms with Crippen molar-refractivity contribution in [3.63, 3.8) is 0 Å². The van der Waals surface area contributed by atoms with Crippen LogP contribution >= 0.6 is 22.9 Å². The molecule has 27 heavy (non-hydrogen) atoms. The van der Waals surface area contributed by atoms with E-state index in [4.69, 9.17) is 11.6 Å². The molecule has 1 N–H and O–H groups in total. The van der Waals surface area contributed by atoms with Gasteiger partial charge in [0.1, 0.15) is 4.21 Å². The van der Waals surface area contributed by atoms with Crippen molar-refractivity contribution in [3.8, 4) is 0 Å². The third-order valence-electron chi connectivity index (χ3n) is 4.30. The molecule has 0 aliphatic carbocycles. The molecule has 1 aromatic heterocycles. The van der Waals surface area contributed by atoms with E-state index in [1.165, 1.54) is 17.4 Å². The summed E-state index contributed by atoms with van der Waals surface area (Å²) in [4.78, 5) is 12.8. The normalized spacial score (nSPS) is 15.9. The maximum Gasteiger partial charge on any atom is 0.252 e. The Morgan fingerprint density at radius 2 is 1.89 bits per heavy atom. The highest BCUT2D eigenvalue weighted by Gasteiger charge is 2.27. The highest BCUT2D eigenvalue weighted by atomic mass is 35.5. The van der Waals surface area contributed by atoms with E-state index >= 15 is 0 Å². The quantitative estimate of drug-likeness (QED) is 0.715. The highest BCUT2D eigenvalue weighted by molar-refractivity contribution is 7.91. The van der Waals surface area contributed by atoms with Crippen LogP contribution in [0, 0.1) is 0 Å². The smallest absolute Gasteiger partial charge is 0.252 e. The second-order valence-electron chi connectivity index (χ2n) is 6.26. The zero-order chi connectivity index (χ0) is 19.3. The van der Waals surface area contributed by atoms with Crippen LogP contribution in [-0.4, -0.2) is 31.7 Å². The topological polar surface area (TPSA) is 66.5 Å². The molecule has 2 heterocycles. The summed E-state index contributed by atoms with van der Waals surface area (Å²) in [5.74, 6) is -0.260. The molecule has 5 nitrogen and oxygen atoms in total. The molecule has 2 aromatic rings. The SMILES string of the molecule is O=C(C=Cc1ccccc1Cl)NCc1ccc(S(=O)(=O)N2CCCCC2)s1. The van der Waals surface area contributed by atoms with E-state index in [1.807, 2.05) is 18.2 Å². The first-order chi connectivity index (χ1) is 13.0. The first-order valence-corrected chi connectivity index (χ1v) is 11.4. The molecule has 0 atom stereocenters. The van der Waals surface area contributed by atoms with Crippen molar-refractivity contribution < 1.29 is 13.2 Å². The molecule has 1 aliphatic heterocycles. The number of amides is 1. The first-order valence-electron chi connectivity index (χ1n) is 8.76. The number of nitrogens with zero attached hydrogens (tertiary/aromatic N) is 1. The number of halogens is 1. The van der Waals surface area contributed by atoms with Gasteiger partial charge in [0, 0.05) is 29.1 Å². The Balaban J connectivity index is 1.58. The van der Waals surface area contributed by atoms with Gasteiger partial charge in [-0.1, -0.05) is 36.2 Å². The molecule has 0 radical (unpaired) electrons. The van der Waals surface area contributed by atoms with Crippen molar-refractivity contribution in [2.45, 2.75) is 30.0 Å². The van der Waals surface area contributed by atoms with Crippen LogP contribution in [0.1, 0.15) is 29.7 Å². The van der Waals surface area contributed by atoms with E-state index in [1.54, 1.807) is 28.6 Å². The molecule has 1 saturated heterocycles. The molecule has 1 fully saturated rings. The van der Waals surface area contributed by atoms with Gasteiger partial charge >= 0.3 is 0 Å². The molecule has 1 aliphatic rings. The van der Waals surface area contributed by atoms with Crippen LogP contribution in [-0.2, 0) is 21.4 Å². The third-order valence-corrected chi connectivity index (χ3v) is 8.10. The number of piperidine rings is 1. The van der Waals surface area contributed by atoms with Crippen LogP contribution in [0.15, 0.2) is 46.7 Å². The Morgan fingerprint density at radius 3 is 2.63 bits per heavy atom. The van der Waals surface area contributed by atoms with Gasteiger partial charge < -0.3 is 5.32 Å². The van der Waals surface area contributed by atoms with Crippen molar-refractivity contribution in [2.75, 3.05) is 13.1 Å². The lowest BCUT2D eigenvalue weighted by molar-refractivity contribution is -0.116. The Kier molecular flexibility index (Phi) is 6.70. The Bertz CT molecular complexity index is 932. The Morgan fingerprint density at radius 1 is 1.15 bits per heavy atom. The lowest BCUT2D eigenvalue weighted by Crippen LogP contribution is -2.35. The van der Waals surface area contributed by atoms with Crippen LogP contribution in [0.25, 0.3) is 6.08 Å². The van der Waals surface area contributed by atoms with Gasteiger partial charge in [0.25, 0.3) is 10.0 Å². The minimum absolute atomic E-state index is 0.260. The van der Waals surface area contributed by atoms with Crippen molar-refractivity contribution in [1.29, 1.82) is 0 Å². The van der Waals surface area contributed by atoms with Crippen molar-refractivity contribution >= 4 is 44.9 Å². The van der Waals surface area contributed by atoms with Crippen LogP contribution < -0.4 is 5.32 Å². The summed E-state index contributed by atoms with van der Waals surface area (Å²) < 4.78 is 27.2. The second kappa shape index (κ2) is 9.01. The molecule has 0 unspecified atom stereocenters. The predicted octanol–water partition coefficient (Wildman–Crippen LogP) is 3.91. The zero-order valence-electron chi connectivity index (χ0n) is 14.7. The van der Waals surface area contributed by atoms with E-state index in [9.17, 15) is 13.2 Å². The first kappa shape index (κ1) is 20.1. The van der Waals surface area contributed by atoms with Crippen molar-refractivity contribution in [2.24, 2.45) is 0 Å². The number of benzene rings is 1. The van der Waals surface area contributed by atoms with Gasteiger partial charge in [0.2, 0.25) is 5.91 Å². The van der Waals surface area contributed by atoms with Crippen LogP contribution in [0.4, 0.5) is 0 Å². The fraction of sp³-hybridized carbons (Fsp3) is 0.316. The van der Waals surface area contributed by atoms with E-state index in [-0.39, 0.29) is 12.5 Å². The summed E-state index contributed by atoms with van der Waals surface area (Å²) in [6.07, 6.45) is 5.96. The van der Waals surface area contributed by atoms with Gasteiger partial charge in [-0.2, -0.15) is 4.31 Å². The van der Waals surface area contributed by atoms with Gasteiger partial charge in [0.15, 0.2) is 0 Å². The molecular weight excluding hydrogens is 404 g/mol. The monoisotopic (exact) mass is 424 g/mol. The minimum Gasteiger partial charge on any atom is -0.348 e. The van der Waals surface area contributed by atoms with Gasteiger partial charge in [-0.15, -0.1) is 11.3 Å². The van der Waals surface area contributed by atoms with E-state index in [0.717, 1.165) is 29.7 Å². The van der Waals surface area contributed by atoms with Crippen molar-refractivity contribution in [1.82, 2.24) is 9.62 Å². The number of sulfonamides is 1. The standard InChI is InChI=1S/C19H21ClN2O3S2/c20-17-7-3-2-6-15(17)8-10-18(23)21-14-16-9-11-19(26-16)27(24,25)22-12-4-1-5-13-22/h2-3,6-11H,1,4-5,12-14H2,(H,21,23). The number of hydrogen-bond donors (Lipinski definition) is 1. The van der Waals surface area contributed by atoms with E-state index in [0.29, 0.717) is 22.3 Å². The maximum absolute atomic E-state index is 12.7. The summed E-state index contributed by atoms with van der Waals surface area (Å²) in [6.45, 7) is 1.45. The third kappa shape index (κ3) is 5.19. The van der Waals surface area contributed by atoms with Crippen LogP contribution in [0.3, 0.4) is 0 Å². The average Bonchev–Trinajstić information content (AvgIpc) is 3.16. The number of nitrogens with one attached hydrogen (secondary N) is 1. The average molecular weight is 425 g/mol. The fourth-order valence-electron chi connectivity index (χ4n) is 2.83. The Hall–Kier alpha value is -1.67. The summed E-state index contributed by atoms with van der Waals surface area (Å²) in [7, 11) is -3.42. The number of hydrogen-bond acceptors (Lipinski definition) is 4. The van der Waals surface area contributed by atoms with Crippen LogP contribution in [0.2, 0.25) is 5.02 Å². The van der Waals surface area contributed by atoms with E-state index < -0.39 is 10.0 Å². The highest BCUT2D eigenvalue weighted by Crippen LogP contribution is 2.27. The van der Waals surface area contributed by atoms with Gasteiger partial charge in [-0.05, 0) is 42.7 Å². The molecule has 3 rings (SSSR count). The Labute approximate surface area is 168 Å². The molecule has 0 spiro atoms. The van der Waals surface area contributed by atoms with Gasteiger partial charge in [-0.25, -0.2) is 8.42 Å². The van der Waals surface area contributed by atoms with Gasteiger partial charge in [0.05, 0.1) is 6.54 Å². The molecule has 144 valence electrons. The molecule has 1 amide bonds. The number of carbonyl (C=O) groups is 1. The molecule has 0 bridgehead atoms. The summed E-state index contributed by atoms with van der Waals surface area (Å²) in [6, 6.07) is 10.6. The summed E-state index contributed by atoms with van der Waals surface area (Å²) >= 11 is 7.25. The van der Waals surface area contributed by atoms with Crippen molar-refractivity contribution in [3.05, 3.63) is 57.9 Å². The van der Waals surface area contributed by atoms with Crippen LogP contribution in [0.5, 0.6) is 0 Å². The lowest BCUT2D eigenvalue weighted by Gasteiger charge is -2.25. The lowest BCUT2D eigenvalue weighted by atomic mass is 10.2.